The first kappa shape index (κ1) is 23.3. The minimum absolute atomic E-state index is 0.0229. The Labute approximate surface area is 194 Å². The molecule has 1 aliphatic carbocycles. The summed E-state index contributed by atoms with van der Waals surface area (Å²) in [6.07, 6.45) is 5.50. The van der Waals surface area contributed by atoms with Gasteiger partial charge < -0.3 is 5.11 Å². The highest BCUT2D eigenvalue weighted by atomic mass is 32.2. The third-order valence-corrected chi connectivity index (χ3v) is 7.02. The normalized spacial score (nSPS) is 21.2. The van der Waals surface area contributed by atoms with Gasteiger partial charge in [0.25, 0.3) is 0 Å². The van der Waals surface area contributed by atoms with Crippen molar-refractivity contribution in [3.05, 3.63) is 53.1 Å². The van der Waals surface area contributed by atoms with Gasteiger partial charge in [0.05, 0.1) is 17.9 Å². The Hall–Kier alpha value is -2.85. The highest BCUT2D eigenvalue weighted by Crippen LogP contribution is 2.40. The molecule has 2 atom stereocenters. The van der Waals surface area contributed by atoms with Crippen LogP contribution in [0, 0.1) is 11.7 Å². The summed E-state index contributed by atoms with van der Waals surface area (Å²) in [5.41, 5.74) is 1.71. The summed E-state index contributed by atoms with van der Waals surface area (Å²) in [6, 6.07) is 5.67. The molecule has 1 aromatic carbocycles. The molecule has 1 aromatic heterocycles. The van der Waals surface area contributed by atoms with Crippen molar-refractivity contribution in [3.8, 4) is 0 Å². The number of benzene rings is 1. The lowest BCUT2D eigenvalue weighted by Gasteiger charge is -2.38. The minimum Gasteiger partial charge on any atom is -0.480 e. The third-order valence-electron chi connectivity index (χ3n) is 5.87. The second-order valence-corrected chi connectivity index (χ2v) is 9.77. The van der Waals surface area contributed by atoms with Crippen LogP contribution in [0.4, 0.5) is 4.39 Å². The van der Waals surface area contributed by atoms with Gasteiger partial charge >= 0.3 is 5.97 Å². The predicted octanol–water partition coefficient (Wildman–Crippen LogP) is 2.96. The van der Waals surface area contributed by atoms with E-state index in [0.717, 1.165) is 18.4 Å². The molecule has 1 N–H and O–H groups in total. The number of carboxylic acid groups (broad SMARTS) is 1. The molecule has 4 rings (SSSR count). The Morgan fingerprint density at radius 1 is 1.27 bits per heavy atom. The highest BCUT2D eigenvalue weighted by Gasteiger charge is 2.41. The van der Waals surface area contributed by atoms with Crippen molar-refractivity contribution < 1.29 is 23.9 Å². The molecule has 1 saturated carbocycles. The number of Topliss-reactive ketones (excluding diaryl/α,β-unsaturated/α-hetero) is 1. The largest absolute Gasteiger partial charge is 0.480 e. The molecule has 10 heteroatoms. The topological polar surface area (TPSA) is 105 Å². The highest BCUT2D eigenvalue weighted by molar-refractivity contribution is 8.14. The van der Waals surface area contributed by atoms with Crippen LogP contribution in [0.3, 0.4) is 0 Å². The van der Waals surface area contributed by atoms with E-state index in [-0.39, 0.29) is 28.6 Å². The fourth-order valence-corrected chi connectivity index (χ4v) is 5.13. The number of rotatable bonds is 8. The molecule has 2 aromatic rings. The van der Waals surface area contributed by atoms with Gasteiger partial charge in [0, 0.05) is 36.7 Å². The Morgan fingerprint density at radius 3 is 2.70 bits per heavy atom. The van der Waals surface area contributed by atoms with E-state index in [1.807, 2.05) is 4.90 Å². The molecule has 2 heterocycles. The molecule has 0 amide bonds. The van der Waals surface area contributed by atoms with E-state index in [2.05, 4.69) is 10.3 Å². The van der Waals surface area contributed by atoms with Crippen LogP contribution in [0.5, 0.6) is 0 Å². The summed E-state index contributed by atoms with van der Waals surface area (Å²) < 4.78 is 16.0. The van der Waals surface area contributed by atoms with Gasteiger partial charge in [-0.1, -0.05) is 35.2 Å². The average molecular weight is 473 g/mol. The fraction of sp³-hybridized carbons (Fsp3) is 0.435. The van der Waals surface area contributed by atoms with E-state index < -0.39 is 17.8 Å². The number of hydrogen-bond donors (Lipinski definition) is 1. The number of carbonyl (C=O) groups excluding carboxylic acids is 2. The van der Waals surface area contributed by atoms with Gasteiger partial charge in [-0.15, -0.1) is 5.10 Å². The van der Waals surface area contributed by atoms with Crippen molar-refractivity contribution in [2.24, 2.45) is 5.92 Å². The second-order valence-electron chi connectivity index (χ2n) is 8.39. The van der Waals surface area contributed by atoms with Crippen LogP contribution in [-0.2, 0) is 20.9 Å². The summed E-state index contributed by atoms with van der Waals surface area (Å²) >= 11 is 1.21. The number of aliphatic carboxylic acids is 1. The van der Waals surface area contributed by atoms with Crippen LogP contribution in [0.25, 0.3) is 6.08 Å². The lowest BCUT2D eigenvalue weighted by molar-refractivity contribution is -0.138. The van der Waals surface area contributed by atoms with Crippen molar-refractivity contribution in [2.75, 3.05) is 13.1 Å². The first-order valence-corrected chi connectivity index (χ1v) is 11.7. The van der Waals surface area contributed by atoms with Gasteiger partial charge in [-0.25, -0.2) is 9.07 Å². The summed E-state index contributed by atoms with van der Waals surface area (Å²) in [5.74, 6) is -1.48. The number of nitrogens with zero attached hydrogens (tertiary/aromatic N) is 4. The van der Waals surface area contributed by atoms with Gasteiger partial charge in [-0.3, -0.25) is 19.3 Å². The zero-order chi connectivity index (χ0) is 23.5. The predicted molar refractivity (Wildman–Crippen MR) is 121 cm³/mol. The van der Waals surface area contributed by atoms with Crippen LogP contribution in [-0.4, -0.2) is 60.2 Å². The van der Waals surface area contributed by atoms with Crippen molar-refractivity contribution >= 4 is 34.7 Å². The summed E-state index contributed by atoms with van der Waals surface area (Å²) in [6.45, 7) is 2.04. The maximum Gasteiger partial charge on any atom is 0.325 e. The van der Waals surface area contributed by atoms with E-state index in [4.69, 9.17) is 5.11 Å². The first-order chi connectivity index (χ1) is 15.8. The number of halogens is 1. The molecule has 174 valence electrons. The SMILES string of the molecule is CC(=O)SC1CCN(C(C(=O)C2CC2)c2ccccc2F)CC1=Cc1cnnn1CC(=O)O. The van der Waals surface area contributed by atoms with E-state index >= 15 is 0 Å². The Balaban J connectivity index is 1.68. The molecule has 2 aliphatic rings. The molecule has 2 unspecified atom stereocenters. The van der Waals surface area contributed by atoms with Crippen molar-refractivity contribution in [3.63, 3.8) is 0 Å². The zero-order valence-electron chi connectivity index (χ0n) is 18.2. The van der Waals surface area contributed by atoms with E-state index in [0.29, 0.717) is 30.8 Å². The molecular formula is C23H25FN4O4S. The van der Waals surface area contributed by atoms with E-state index in [9.17, 15) is 18.8 Å². The maximum absolute atomic E-state index is 14.7. The van der Waals surface area contributed by atoms with Gasteiger partial charge in [0.2, 0.25) is 0 Å². The second kappa shape index (κ2) is 9.96. The number of carbonyl (C=O) groups is 3. The lowest BCUT2D eigenvalue weighted by Crippen LogP contribution is -2.43. The monoisotopic (exact) mass is 472 g/mol. The molecule has 1 saturated heterocycles. The number of likely N-dealkylation sites (tertiary alicyclic amines) is 1. The fourth-order valence-electron chi connectivity index (χ4n) is 4.21. The summed E-state index contributed by atoms with van der Waals surface area (Å²) in [4.78, 5) is 38.2. The van der Waals surface area contributed by atoms with Crippen molar-refractivity contribution in [2.45, 2.75) is 44.0 Å². The standard InChI is InChI=1S/C23H25FN4O4S/c1-14(29)33-20-8-9-27(12-16(20)10-17-11-25-26-28(17)13-21(30)31)22(23(32)15-6-7-15)18-4-2-3-5-19(18)24/h2-5,10-11,15,20,22H,6-9,12-13H2,1H3,(H,30,31). The van der Waals surface area contributed by atoms with Crippen LogP contribution in [0.1, 0.15) is 43.5 Å². The van der Waals surface area contributed by atoms with Gasteiger partial charge in [-0.2, -0.15) is 0 Å². The van der Waals surface area contributed by atoms with Crippen LogP contribution < -0.4 is 0 Å². The van der Waals surface area contributed by atoms with Gasteiger partial charge in [0.15, 0.2) is 10.9 Å². The number of carboxylic acids is 1. The maximum atomic E-state index is 14.7. The Bertz CT molecular complexity index is 1100. The molecule has 0 spiro atoms. The minimum atomic E-state index is -1.05. The zero-order valence-corrected chi connectivity index (χ0v) is 19.0. The number of piperidine rings is 1. The number of aromatic nitrogens is 3. The molecule has 0 bridgehead atoms. The average Bonchev–Trinajstić information content (AvgIpc) is 3.53. The quantitative estimate of drug-likeness (QED) is 0.625. The molecule has 0 radical (unpaired) electrons. The molecule has 2 fully saturated rings. The summed E-state index contributed by atoms with van der Waals surface area (Å²) in [7, 11) is 0. The summed E-state index contributed by atoms with van der Waals surface area (Å²) in [5, 5.41) is 16.6. The number of hydrogen-bond acceptors (Lipinski definition) is 7. The van der Waals surface area contributed by atoms with Crippen LogP contribution in [0.2, 0.25) is 0 Å². The van der Waals surface area contributed by atoms with Gasteiger partial charge in [-0.05, 0) is 37.0 Å². The van der Waals surface area contributed by atoms with Crippen LogP contribution in [0.15, 0.2) is 36.0 Å². The molecule has 8 nitrogen and oxygen atoms in total. The van der Waals surface area contributed by atoms with Crippen LogP contribution >= 0.6 is 11.8 Å². The van der Waals surface area contributed by atoms with Crippen molar-refractivity contribution in [1.29, 1.82) is 0 Å². The third kappa shape index (κ3) is 5.56. The smallest absolute Gasteiger partial charge is 0.325 e. The lowest BCUT2D eigenvalue weighted by atomic mass is 9.93. The molecule has 33 heavy (non-hydrogen) atoms. The molecular weight excluding hydrogens is 447 g/mol. The number of ketones is 1. The Morgan fingerprint density at radius 2 is 2.03 bits per heavy atom. The van der Waals surface area contributed by atoms with E-state index in [1.54, 1.807) is 24.3 Å². The first-order valence-electron chi connectivity index (χ1n) is 10.8. The van der Waals surface area contributed by atoms with Crippen molar-refractivity contribution in [1.82, 2.24) is 19.9 Å². The van der Waals surface area contributed by atoms with E-state index in [1.165, 1.54) is 35.6 Å². The molecule has 1 aliphatic heterocycles. The van der Waals surface area contributed by atoms with Gasteiger partial charge in [0.1, 0.15) is 12.4 Å². The number of thioether (sulfide) groups is 1. The Kier molecular flexibility index (Phi) is 7.04.